The summed E-state index contributed by atoms with van der Waals surface area (Å²) in [5.74, 6) is 0.617. The van der Waals surface area contributed by atoms with Crippen LogP contribution in [0.15, 0.2) is 24.3 Å². The topological polar surface area (TPSA) is 93.1 Å². The Kier molecular flexibility index (Phi) is 5.23. The molecule has 0 aliphatic rings. The van der Waals surface area contributed by atoms with E-state index in [4.69, 9.17) is 0 Å². The minimum atomic E-state index is -3.30. The summed E-state index contributed by atoms with van der Waals surface area (Å²) in [6.45, 7) is 3.22. The molecule has 1 aromatic heterocycles. The second kappa shape index (κ2) is 6.49. The standard InChI is InChI=1S/C9H10N2.C3H8N2O3S/c1-7-10-8-5-3-4-6-9(8)11(7)2;1-3(6)4-5-9(2,7)8/h3-6H,1-2H3;5H,1-2H3,(H,4,6). The number of aromatic nitrogens is 2. The molecule has 1 amide bonds. The molecule has 0 fully saturated rings. The highest BCUT2D eigenvalue weighted by atomic mass is 32.2. The van der Waals surface area contributed by atoms with Crippen LogP contribution in [0.25, 0.3) is 11.0 Å². The number of carbonyl (C=O) groups excluding carboxylic acids is 1. The summed E-state index contributed by atoms with van der Waals surface area (Å²) in [5.41, 5.74) is 4.18. The van der Waals surface area contributed by atoms with Gasteiger partial charge in [0.05, 0.1) is 17.3 Å². The number of para-hydroxylation sites is 2. The average Bonchev–Trinajstić information content (AvgIpc) is 2.63. The lowest BCUT2D eigenvalue weighted by Crippen LogP contribution is -2.39. The molecule has 1 aromatic carbocycles. The summed E-state index contributed by atoms with van der Waals surface area (Å²) in [5, 5.41) is 0. The van der Waals surface area contributed by atoms with Crippen LogP contribution in [0.2, 0.25) is 0 Å². The molecule has 2 rings (SSSR count). The van der Waals surface area contributed by atoms with Gasteiger partial charge in [-0.15, -0.1) is 4.83 Å². The molecule has 8 heteroatoms. The first-order valence-corrected chi connectivity index (χ1v) is 7.71. The number of nitrogens with zero attached hydrogens (tertiary/aromatic N) is 2. The molecule has 0 aliphatic heterocycles. The maximum absolute atomic E-state index is 10.2. The summed E-state index contributed by atoms with van der Waals surface area (Å²) in [7, 11) is -1.27. The highest BCUT2D eigenvalue weighted by Crippen LogP contribution is 2.12. The number of carbonyl (C=O) groups is 1. The number of amides is 1. The lowest BCUT2D eigenvalue weighted by Gasteiger charge is -1.98. The zero-order valence-corrected chi connectivity index (χ0v) is 12.7. The maximum Gasteiger partial charge on any atom is 0.231 e. The Morgan fingerprint density at radius 3 is 2.35 bits per heavy atom. The second-order valence-corrected chi connectivity index (χ2v) is 6.01. The molecule has 20 heavy (non-hydrogen) atoms. The van der Waals surface area contributed by atoms with Gasteiger partial charge in [-0.2, -0.15) is 0 Å². The van der Waals surface area contributed by atoms with Gasteiger partial charge in [0.1, 0.15) is 5.82 Å². The lowest BCUT2D eigenvalue weighted by atomic mass is 10.3. The molecular formula is C12H18N4O3S. The SMILES string of the molecule is CC(=O)NNS(C)(=O)=O.Cc1nc2ccccc2n1C. The van der Waals surface area contributed by atoms with Gasteiger partial charge in [0.25, 0.3) is 0 Å². The Morgan fingerprint density at radius 1 is 1.30 bits per heavy atom. The van der Waals surface area contributed by atoms with Gasteiger partial charge in [-0.25, -0.2) is 13.4 Å². The molecule has 110 valence electrons. The van der Waals surface area contributed by atoms with E-state index in [1.807, 2.05) is 37.6 Å². The Labute approximate surface area is 118 Å². The summed E-state index contributed by atoms with van der Waals surface area (Å²) in [6, 6.07) is 8.15. The van der Waals surface area contributed by atoms with Crippen molar-refractivity contribution in [1.82, 2.24) is 19.8 Å². The van der Waals surface area contributed by atoms with Crippen LogP contribution in [0.3, 0.4) is 0 Å². The molecule has 0 atom stereocenters. The summed E-state index contributed by atoms with van der Waals surface area (Å²) >= 11 is 0. The first-order valence-electron chi connectivity index (χ1n) is 5.82. The van der Waals surface area contributed by atoms with Crippen LogP contribution in [-0.4, -0.2) is 30.1 Å². The number of rotatable bonds is 2. The Hall–Kier alpha value is -1.93. The van der Waals surface area contributed by atoms with E-state index in [-0.39, 0.29) is 0 Å². The van der Waals surface area contributed by atoms with Gasteiger partial charge in [0, 0.05) is 14.0 Å². The van der Waals surface area contributed by atoms with E-state index in [0.29, 0.717) is 0 Å². The number of benzene rings is 1. The molecule has 2 aromatic rings. The first kappa shape index (κ1) is 16.1. The number of hydrogen-bond donors (Lipinski definition) is 2. The van der Waals surface area contributed by atoms with Crippen LogP contribution < -0.4 is 10.3 Å². The van der Waals surface area contributed by atoms with Crippen LogP contribution in [0.4, 0.5) is 0 Å². The molecule has 0 bridgehead atoms. The van der Waals surface area contributed by atoms with E-state index in [0.717, 1.165) is 17.6 Å². The molecule has 1 heterocycles. The minimum absolute atomic E-state index is 0.444. The van der Waals surface area contributed by atoms with Gasteiger partial charge < -0.3 is 4.57 Å². The van der Waals surface area contributed by atoms with Crippen LogP contribution in [0, 0.1) is 6.92 Å². The van der Waals surface area contributed by atoms with Crippen molar-refractivity contribution in [3.8, 4) is 0 Å². The number of fused-ring (bicyclic) bond motifs is 1. The van der Waals surface area contributed by atoms with Crippen molar-refractivity contribution in [3.05, 3.63) is 30.1 Å². The predicted molar refractivity (Wildman–Crippen MR) is 77.2 cm³/mol. The lowest BCUT2D eigenvalue weighted by molar-refractivity contribution is -0.119. The first-order chi connectivity index (χ1) is 9.20. The van der Waals surface area contributed by atoms with Crippen molar-refractivity contribution in [2.24, 2.45) is 7.05 Å². The smallest absolute Gasteiger partial charge is 0.231 e. The van der Waals surface area contributed by atoms with E-state index < -0.39 is 15.9 Å². The molecule has 0 saturated carbocycles. The highest BCUT2D eigenvalue weighted by molar-refractivity contribution is 7.88. The van der Waals surface area contributed by atoms with Crippen LogP contribution in [0.5, 0.6) is 0 Å². The molecular weight excluding hydrogens is 280 g/mol. The number of aryl methyl sites for hydroxylation is 2. The van der Waals surface area contributed by atoms with Gasteiger partial charge in [0.15, 0.2) is 0 Å². The third kappa shape index (κ3) is 4.98. The van der Waals surface area contributed by atoms with Crippen LogP contribution in [-0.2, 0) is 21.9 Å². The molecule has 7 nitrogen and oxygen atoms in total. The molecule has 0 unspecified atom stereocenters. The van der Waals surface area contributed by atoms with Crippen molar-refractivity contribution in [2.75, 3.05) is 6.26 Å². The monoisotopic (exact) mass is 298 g/mol. The Morgan fingerprint density at radius 2 is 1.90 bits per heavy atom. The van der Waals surface area contributed by atoms with Crippen molar-refractivity contribution in [2.45, 2.75) is 13.8 Å². The quantitative estimate of drug-likeness (QED) is 0.788. The molecule has 0 aliphatic carbocycles. The number of hydrogen-bond acceptors (Lipinski definition) is 4. The molecule has 0 spiro atoms. The third-order valence-corrected chi connectivity index (χ3v) is 2.90. The van der Waals surface area contributed by atoms with Crippen LogP contribution in [0.1, 0.15) is 12.7 Å². The van der Waals surface area contributed by atoms with Crippen molar-refractivity contribution < 1.29 is 13.2 Å². The number of hydrazine groups is 1. The number of nitrogens with one attached hydrogen (secondary N) is 2. The number of imidazole rings is 1. The van der Waals surface area contributed by atoms with E-state index in [1.54, 1.807) is 4.83 Å². The van der Waals surface area contributed by atoms with Gasteiger partial charge in [0.2, 0.25) is 15.9 Å². The molecule has 0 radical (unpaired) electrons. The van der Waals surface area contributed by atoms with Gasteiger partial charge in [-0.1, -0.05) is 12.1 Å². The molecule has 2 N–H and O–H groups in total. The fourth-order valence-electron chi connectivity index (χ4n) is 1.43. The second-order valence-electron chi connectivity index (χ2n) is 4.26. The largest absolute Gasteiger partial charge is 0.331 e. The van der Waals surface area contributed by atoms with Gasteiger partial charge >= 0.3 is 0 Å². The van der Waals surface area contributed by atoms with E-state index in [9.17, 15) is 13.2 Å². The van der Waals surface area contributed by atoms with Gasteiger partial charge in [-0.3, -0.25) is 10.2 Å². The Balaban J connectivity index is 0.000000206. The maximum atomic E-state index is 10.2. The normalized spacial score (nSPS) is 10.8. The Bertz CT molecular complexity index is 707. The van der Waals surface area contributed by atoms with Gasteiger partial charge in [-0.05, 0) is 19.1 Å². The summed E-state index contributed by atoms with van der Waals surface area (Å²) < 4.78 is 22.5. The average molecular weight is 298 g/mol. The summed E-state index contributed by atoms with van der Waals surface area (Å²) in [4.78, 5) is 16.2. The third-order valence-electron chi connectivity index (χ3n) is 2.42. The van der Waals surface area contributed by atoms with E-state index >= 15 is 0 Å². The highest BCUT2D eigenvalue weighted by Gasteiger charge is 2.00. The zero-order valence-electron chi connectivity index (χ0n) is 11.8. The fourth-order valence-corrected chi connectivity index (χ4v) is 1.76. The predicted octanol–water partition coefficient (Wildman–Crippen LogP) is 0.468. The van der Waals surface area contributed by atoms with E-state index in [1.165, 1.54) is 12.4 Å². The number of sulfonamides is 1. The minimum Gasteiger partial charge on any atom is -0.331 e. The van der Waals surface area contributed by atoms with Crippen molar-refractivity contribution in [3.63, 3.8) is 0 Å². The summed E-state index contributed by atoms with van der Waals surface area (Å²) in [6.07, 6.45) is 0.947. The van der Waals surface area contributed by atoms with Crippen molar-refractivity contribution in [1.29, 1.82) is 0 Å². The van der Waals surface area contributed by atoms with Crippen molar-refractivity contribution >= 4 is 27.0 Å². The fraction of sp³-hybridized carbons (Fsp3) is 0.333. The van der Waals surface area contributed by atoms with Crippen LogP contribution >= 0.6 is 0 Å². The molecule has 0 saturated heterocycles. The van der Waals surface area contributed by atoms with E-state index in [2.05, 4.69) is 15.6 Å². The zero-order chi connectivity index (χ0) is 15.3.